The molecule has 0 spiro atoms. The van der Waals surface area contributed by atoms with Crippen molar-refractivity contribution < 1.29 is 23.3 Å². The SMILES string of the molecule is CC(C)N(CC(=O)Nc1ccc(F)cc1)C(=O)c1ccc([N+](=O)[O-])o1. The van der Waals surface area contributed by atoms with Crippen LogP contribution in [0.4, 0.5) is 16.0 Å². The first kappa shape index (κ1) is 18.1. The van der Waals surface area contributed by atoms with E-state index >= 15 is 0 Å². The molecule has 9 heteroatoms. The normalized spacial score (nSPS) is 10.6. The molecule has 2 rings (SSSR count). The summed E-state index contributed by atoms with van der Waals surface area (Å²) in [6.45, 7) is 3.10. The lowest BCUT2D eigenvalue weighted by Gasteiger charge is -2.25. The molecule has 0 unspecified atom stereocenters. The van der Waals surface area contributed by atoms with E-state index in [2.05, 4.69) is 5.32 Å². The Labute approximate surface area is 142 Å². The number of nitro groups is 1. The van der Waals surface area contributed by atoms with Crippen LogP contribution in [-0.4, -0.2) is 34.2 Å². The molecule has 0 saturated heterocycles. The van der Waals surface area contributed by atoms with Gasteiger partial charge in [0, 0.05) is 11.7 Å². The summed E-state index contributed by atoms with van der Waals surface area (Å²) in [4.78, 5) is 35.7. The van der Waals surface area contributed by atoms with Crippen LogP contribution in [0.15, 0.2) is 40.8 Å². The number of furan rings is 1. The molecule has 1 heterocycles. The summed E-state index contributed by atoms with van der Waals surface area (Å²) in [7, 11) is 0. The summed E-state index contributed by atoms with van der Waals surface area (Å²) in [5, 5.41) is 13.2. The molecule has 0 radical (unpaired) electrons. The zero-order valence-corrected chi connectivity index (χ0v) is 13.6. The van der Waals surface area contributed by atoms with Crippen LogP contribution in [0, 0.1) is 15.9 Å². The van der Waals surface area contributed by atoms with E-state index in [1.807, 2.05) is 0 Å². The minimum absolute atomic E-state index is 0.227. The fraction of sp³-hybridized carbons (Fsp3) is 0.250. The number of halogens is 1. The first-order valence-electron chi connectivity index (χ1n) is 7.38. The van der Waals surface area contributed by atoms with Gasteiger partial charge in [-0.05, 0) is 44.2 Å². The number of nitrogens with one attached hydrogen (secondary N) is 1. The van der Waals surface area contributed by atoms with Crippen molar-refractivity contribution in [2.45, 2.75) is 19.9 Å². The quantitative estimate of drug-likeness (QED) is 0.637. The summed E-state index contributed by atoms with van der Waals surface area (Å²) in [5.74, 6) is -2.35. The van der Waals surface area contributed by atoms with Crippen LogP contribution in [0.3, 0.4) is 0 Å². The van der Waals surface area contributed by atoms with Crippen molar-refractivity contribution in [3.8, 4) is 0 Å². The van der Waals surface area contributed by atoms with Gasteiger partial charge in [0.15, 0.2) is 5.76 Å². The van der Waals surface area contributed by atoms with E-state index in [-0.39, 0.29) is 18.3 Å². The van der Waals surface area contributed by atoms with Gasteiger partial charge >= 0.3 is 5.88 Å². The van der Waals surface area contributed by atoms with Gasteiger partial charge in [0.25, 0.3) is 5.91 Å². The highest BCUT2D eigenvalue weighted by Crippen LogP contribution is 2.18. The predicted molar refractivity (Wildman–Crippen MR) is 86.6 cm³/mol. The number of hydrogen-bond acceptors (Lipinski definition) is 5. The van der Waals surface area contributed by atoms with Crippen LogP contribution >= 0.6 is 0 Å². The van der Waals surface area contributed by atoms with Gasteiger partial charge in [0.1, 0.15) is 17.3 Å². The maximum absolute atomic E-state index is 12.9. The Morgan fingerprint density at radius 2 is 1.88 bits per heavy atom. The molecule has 0 aliphatic heterocycles. The van der Waals surface area contributed by atoms with Gasteiger partial charge in [-0.25, -0.2) is 4.39 Å². The van der Waals surface area contributed by atoms with E-state index in [1.54, 1.807) is 13.8 Å². The number of hydrogen-bond donors (Lipinski definition) is 1. The van der Waals surface area contributed by atoms with Crippen LogP contribution in [0.5, 0.6) is 0 Å². The molecule has 1 aromatic heterocycles. The fourth-order valence-electron chi connectivity index (χ4n) is 2.06. The maximum Gasteiger partial charge on any atom is 0.433 e. The van der Waals surface area contributed by atoms with E-state index in [1.165, 1.54) is 35.2 Å². The van der Waals surface area contributed by atoms with Crippen LogP contribution in [-0.2, 0) is 4.79 Å². The van der Waals surface area contributed by atoms with E-state index in [9.17, 15) is 24.1 Å². The lowest BCUT2D eigenvalue weighted by Crippen LogP contribution is -2.42. The average molecular weight is 349 g/mol. The monoisotopic (exact) mass is 349 g/mol. The molecule has 1 N–H and O–H groups in total. The van der Waals surface area contributed by atoms with Crippen molar-refractivity contribution in [1.82, 2.24) is 4.90 Å². The van der Waals surface area contributed by atoms with Crippen molar-refractivity contribution in [3.63, 3.8) is 0 Å². The number of anilines is 1. The van der Waals surface area contributed by atoms with Crippen molar-refractivity contribution in [2.75, 3.05) is 11.9 Å². The van der Waals surface area contributed by atoms with Gasteiger partial charge in [-0.3, -0.25) is 19.7 Å². The topological polar surface area (TPSA) is 106 Å². The highest BCUT2D eigenvalue weighted by Gasteiger charge is 2.26. The Morgan fingerprint density at radius 3 is 2.40 bits per heavy atom. The van der Waals surface area contributed by atoms with Gasteiger partial charge < -0.3 is 14.6 Å². The number of rotatable bonds is 6. The smallest absolute Gasteiger partial charge is 0.395 e. The minimum Gasteiger partial charge on any atom is -0.395 e. The summed E-state index contributed by atoms with van der Waals surface area (Å²) in [6, 6.07) is 7.09. The molecule has 2 amide bonds. The molecule has 2 aromatic rings. The number of carbonyl (C=O) groups is 2. The second-order valence-corrected chi connectivity index (χ2v) is 5.48. The van der Waals surface area contributed by atoms with Crippen molar-refractivity contribution in [1.29, 1.82) is 0 Å². The largest absolute Gasteiger partial charge is 0.433 e. The number of benzene rings is 1. The summed E-state index contributed by atoms with van der Waals surface area (Å²) in [5.41, 5.74) is 0.385. The van der Waals surface area contributed by atoms with E-state index in [0.717, 1.165) is 6.07 Å². The average Bonchev–Trinajstić information content (AvgIpc) is 3.04. The summed E-state index contributed by atoms with van der Waals surface area (Å²) in [6.07, 6.45) is 0. The molecular weight excluding hydrogens is 333 g/mol. The first-order valence-corrected chi connectivity index (χ1v) is 7.38. The Bertz CT molecular complexity index is 785. The van der Waals surface area contributed by atoms with Gasteiger partial charge in [-0.1, -0.05) is 0 Å². The fourth-order valence-corrected chi connectivity index (χ4v) is 2.06. The third-order valence-electron chi connectivity index (χ3n) is 3.31. The van der Waals surface area contributed by atoms with Crippen molar-refractivity contribution in [3.05, 3.63) is 58.1 Å². The van der Waals surface area contributed by atoms with Gasteiger partial charge in [-0.2, -0.15) is 0 Å². The molecule has 0 atom stereocenters. The molecule has 0 aliphatic carbocycles. The third-order valence-corrected chi connectivity index (χ3v) is 3.31. The molecule has 0 saturated carbocycles. The minimum atomic E-state index is -0.752. The predicted octanol–water partition coefficient (Wildman–Crippen LogP) is 2.82. The van der Waals surface area contributed by atoms with Crippen LogP contribution in [0.25, 0.3) is 0 Å². The first-order chi connectivity index (χ1) is 11.8. The molecule has 1 aromatic carbocycles. The van der Waals surface area contributed by atoms with E-state index in [0.29, 0.717) is 5.69 Å². The second kappa shape index (κ2) is 7.56. The zero-order valence-electron chi connectivity index (χ0n) is 13.6. The molecule has 0 bridgehead atoms. The van der Waals surface area contributed by atoms with E-state index in [4.69, 9.17) is 4.42 Å². The highest BCUT2D eigenvalue weighted by molar-refractivity contribution is 5.98. The molecule has 8 nitrogen and oxygen atoms in total. The van der Waals surface area contributed by atoms with Crippen molar-refractivity contribution >= 4 is 23.4 Å². The Kier molecular flexibility index (Phi) is 5.48. The number of nitrogens with zero attached hydrogens (tertiary/aromatic N) is 2. The van der Waals surface area contributed by atoms with Crippen LogP contribution in [0.1, 0.15) is 24.4 Å². The standard InChI is InChI=1S/C16H16FN3O5/c1-10(2)19(16(22)13-7-8-15(25-13)20(23)24)9-14(21)18-12-5-3-11(17)4-6-12/h3-8,10H,9H2,1-2H3,(H,18,21). The Morgan fingerprint density at radius 1 is 1.24 bits per heavy atom. The third kappa shape index (κ3) is 4.63. The Hall–Kier alpha value is -3.23. The molecule has 132 valence electrons. The summed E-state index contributed by atoms with van der Waals surface area (Å²) >= 11 is 0. The van der Waals surface area contributed by atoms with Crippen LogP contribution < -0.4 is 5.32 Å². The van der Waals surface area contributed by atoms with Crippen molar-refractivity contribution in [2.24, 2.45) is 0 Å². The molecule has 0 aliphatic rings. The zero-order chi connectivity index (χ0) is 18.6. The number of amides is 2. The van der Waals surface area contributed by atoms with Crippen LogP contribution in [0.2, 0.25) is 0 Å². The maximum atomic E-state index is 12.9. The Balaban J connectivity index is 2.08. The highest BCUT2D eigenvalue weighted by atomic mass is 19.1. The molecule has 0 fully saturated rings. The molecule has 25 heavy (non-hydrogen) atoms. The lowest BCUT2D eigenvalue weighted by molar-refractivity contribution is -0.402. The second-order valence-electron chi connectivity index (χ2n) is 5.48. The number of carbonyl (C=O) groups excluding carboxylic acids is 2. The lowest BCUT2D eigenvalue weighted by atomic mass is 10.2. The van der Waals surface area contributed by atoms with E-state index < -0.39 is 28.4 Å². The summed E-state index contributed by atoms with van der Waals surface area (Å²) < 4.78 is 17.8. The van der Waals surface area contributed by atoms with Gasteiger partial charge in [0.2, 0.25) is 5.91 Å². The molecular formula is C16H16FN3O5. The van der Waals surface area contributed by atoms with Gasteiger partial charge in [0.05, 0.1) is 6.07 Å². The van der Waals surface area contributed by atoms with Gasteiger partial charge in [-0.15, -0.1) is 0 Å².